The van der Waals surface area contributed by atoms with Gasteiger partial charge in [0.15, 0.2) is 0 Å². The van der Waals surface area contributed by atoms with Crippen molar-refractivity contribution in [3.63, 3.8) is 0 Å². The molecular formula is C15H13NO2S. The number of benzene rings is 2. The molecule has 4 heteroatoms. The van der Waals surface area contributed by atoms with E-state index in [1.54, 1.807) is 0 Å². The van der Waals surface area contributed by atoms with Crippen molar-refractivity contribution in [3.8, 4) is 0 Å². The molecule has 1 heterocycles. The van der Waals surface area contributed by atoms with E-state index >= 15 is 0 Å². The Balaban J connectivity index is 2.07. The van der Waals surface area contributed by atoms with Crippen molar-refractivity contribution in [2.45, 2.75) is 16.9 Å². The summed E-state index contributed by atoms with van der Waals surface area (Å²) in [7, 11) is 0. The van der Waals surface area contributed by atoms with E-state index in [9.17, 15) is 9.90 Å². The maximum absolute atomic E-state index is 12.2. The zero-order valence-electron chi connectivity index (χ0n) is 10.1. The molecule has 1 amide bonds. The minimum absolute atomic E-state index is 0.167. The van der Waals surface area contributed by atoms with Crippen molar-refractivity contribution >= 4 is 17.9 Å². The number of hydrogen-bond acceptors (Lipinski definition) is 3. The quantitative estimate of drug-likeness (QED) is 0.784. The smallest absolute Gasteiger partial charge is 0.240 e. The molecule has 1 aliphatic heterocycles. The molecule has 2 N–H and O–H groups in total. The van der Waals surface area contributed by atoms with E-state index in [2.05, 4.69) is 4.72 Å². The molecule has 0 saturated heterocycles. The Morgan fingerprint density at radius 1 is 1.00 bits per heavy atom. The summed E-state index contributed by atoms with van der Waals surface area (Å²) in [5.74, 6) is -0.739. The van der Waals surface area contributed by atoms with Gasteiger partial charge in [0.05, 0.1) is 12.0 Å². The molecule has 19 heavy (non-hydrogen) atoms. The average molecular weight is 271 g/mol. The number of aliphatic hydroxyl groups is 1. The van der Waals surface area contributed by atoms with Crippen molar-refractivity contribution in [1.82, 2.24) is 4.72 Å². The molecule has 3 nitrogen and oxygen atoms in total. The van der Waals surface area contributed by atoms with Gasteiger partial charge in [0.25, 0.3) is 0 Å². The molecule has 0 fully saturated rings. The third kappa shape index (κ3) is 2.25. The number of carbonyl (C=O) groups excluding carboxylic acids is 1. The van der Waals surface area contributed by atoms with Crippen LogP contribution in [0, 0.1) is 0 Å². The van der Waals surface area contributed by atoms with Gasteiger partial charge in [-0.1, -0.05) is 48.5 Å². The molecule has 0 saturated carbocycles. The Morgan fingerprint density at radius 3 is 2.47 bits per heavy atom. The highest BCUT2D eigenvalue weighted by Crippen LogP contribution is 2.38. The summed E-state index contributed by atoms with van der Waals surface area (Å²) in [6.45, 7) is 0. The van der Waals surface area contributed by atoms with Crippen LogP contribution in [0.15, 0.2) is 59.5 Å². The van der Waals surface area contributed by atoms with Gasteiger partial charge in [0.2, 0.25) is 5.91 Å². The van der Waals surface area contributed by atoms with Crippen molar-refractivity contribution < 1.29 is 9.90 Å². The lowest BCUT2D eigenvalue weighted by Gasteiger charge is -2.20. The number of carbonyl (C=O) groups is 1. The van der Waals surface area contributed by atoms with Gasteiger partial charge in [-0.2, -0.15) is 0 Å². The van der Waals surface area contributed by atoms with Crippen LogP contribution in [0.5, 0.6) is 0 Å². The summed E-state index contributed by atoms with van der Waals surface area (Å²) in [5.41, 5.74) is 1.62. The second-order valence-electron chi connectivity index (χ2n) is 4.44. The number of nitrogens with one attached hydrogen (secondary N) is 1. The van der Waals surface area contributed by atoms with Crippen LogP contribution in [0.4, 0.5) is 0 Å². The molecule has 0 aromatic heterocycles. The Kier molecular flexibility index (Phi) is 3.27. The lowest BCUT2D eigenvalue weighted by atomic mass is 9.88. The average Bonchev–Trinajstić information content (AvgIpc) is 2.58. The molecule has 0 spiro atoms. The first-order chi connectivity index (χ1) is 9.27. The van der Waals surface area contributed by atoms with Gasteiger partial charge in [-0.25, -0.2) is 0 Å². The Morgan fingerprint density at radius 2 is 1.68 bits per heavy atom. The van der Waals surface area contributed by atoms with Crippen LogP contribution < -0.4 is 4.72 Å². The van der Waals surface area contributed by atoms with E-state index in [1.807, 2.05) is 54.6 Å². The van der Waals surface area contributed by atoms with Gasteiger partial charge in [-0.05, 0) is 29.1 Å². The minimum atomic E-state index is -0.825. The fourth-order valence-electron chi connectivity index (χ4n) is 2.30. The van der Waals surface area contributed by atoms with Crippen molar-refractivity contribution in [2.24, 2.45) is 0 Å². The topological polar surface area (TPSA) is 49.3 Å². The maximum atomic E-state index is 12.2. The molecule has 96 valence electrons. The summed E-state index contributed by atoms with van der Waals surface area (Å²) < 4.78 is 2.80. The van der Waals surface area contributed by atoms with Crippen LogP contribution in [0.25, 0.3) is 0 Å². The molecule has 1 aliphatic rings. The molecule has 0 bridgehead atoms. The molecule has 2 unspecified atom stereocenters. The van der Waals surface area contributed by atoms with E-state index in [0.717, 1.165) is 16.0 Å². The number of hydrogen-bond donors (Lipinski definition) is 2. The first-order valence-electron chi connectivity index (χ1n) is 6.06. The normalized spacial score (nSPS) is 22.3. The van der Waals surface area contributed by atoms with Gasteiger partial charge in [0.1, 0.15) is 0 Å². The van der Waals surface area contributed by atoms with E-state index in [-0.39, 0.29) is 5.91 Å². The Bertz CT molecular complexity index is 600. The zero-order valence-corrected chi connectivity index (χ0v) is 10.9. The molecule has 0 radical (unpaired) electrons. The summed E-state index contributed by atoms with van der Waals surface area (Å²) in [6, 6.07) is 16.9. The predicted octanol–water partition coefficient (Wildman–Crippen LogP) is 2.64. The van der Waals surface area contributed by atoms with E-state index in [4.69, 9.17) is 0 Å². The number of rotatable bonds is 1. The lowest BCUT2D eigenvalue weighted by Crippen LogP contribution is -2.26. The first kappa shape index (κ1) is 12.3. The molecule has 2 atom stereocenters. The fraction of sp³-hybridized carbons (Fsp3) is 0.133. The molecule has 2 aromatic carbocycles. The lowest BCUT2D eigenvalue weighted by molar-refractivity contribution is -0.123. The number of fused-ring (bicyclic) bond motifs is 1. The van der Waals surface area contributed by atoms with E-state index < -0.39 is 12.0 Å². The SMILES string of the molecule is O=C1NSc2ccccc2C(O)C1c1ccccc1. The standard InChI is InChI=1S/C15H13NO2S/c17-14-11-8-4-5-9-12(11)19-16-15(18)13(14)10-6-2-1-3-7-10/h1-9,13-14,17H,(H,16,18). The highest BCUT2D eigenvalue weighted by Gasteiger charge is 2.33. The third-order valence-corrected chi connectivity index (χ3v) is 4.15. The maximum Gasteiger partial charge on any atom is 0.240 e. The van der Waals surface area contributed by atoms with Gasteiger partial charge < -0.3 is 5.11 Å². The monoisotopic (exact) mass is 271 g/mol. The predicted molar refractivity (Wildman–Crippen MR) is 74.6 cm³/mol. The Hall–Kier alpha value is -1.78. The van der Waals surface area contributed by atoms with Crippen LogP contribution in [-0.4, -0.2) is 11.0 Å². The molecule has 0 aliphatic carbocycles. The first-order valence-corrected chi connectivity index (χ1v) is 6.87. The second-order valence-corrected chi connectivity index (χ2v) is 5.29. The van der Waals surface area contributed by atoms with Crippen LogP contribution in [-0.2, 0) is 4.79 Å². The third-order valence-electron chi connectivity index (χ3n) is 3.26. The summed E-state index contributed by atoms with van der Waals surface area (Å²) in [5, 5.41) is 10.6. The molecular weight excluding hydrogens is 258 g/mol. The second kappa shape index (κ2) is 5.07. The number of amides is 1. The van der Waals surface area contributed by atoms with Gasteiger partial charge >= 0.3 is 0 Å². The van der Waals surface area contributed by atoms with Crippen molar-refractivity contribution in [3.05, 3.63) is 65.7 Å². The van der Waals surface area contributed by atoms with Crippen LogP contribution in [0.3, 0.4) is 0 Å². The largest absolute Gasteiger partial charge is 0.387 e. The highest BCUT2D eigenvalue weighted by atomic mass is 32.2. The van der Waals surface area contributed by atoms with E-state index in [0.29, 0.717) is 0 Å². The van der Waals surface area contributed by atoms with Crippen molar-refractivity contribution in [1.29, 1.82) is 0 Å². The van der Waals surface area contributed by atoms with E-state index in [1.165, 1.54) is 11.9 Å². The van der Waals surface area contributed by atoms with Crippen LogP contribution in [0.2, 0.25) is 0 Å². The van der Waals surface area contributed by atoms with Gasteiger partial charge in [0, 0.05) is 4.90 Å². The summed E-state index contributed by atoms with van der Waals surface area (Å²) in [4.78, 5) is 13.1. The minimum Gasteiger partial charge on any atom is -0.387 e. The summed E-state index contributed by atoms with van der Waals surface area (Å²) in [6.07, 6.45) is -0.825. The van der Waals surface area contributed by atoms with Crippen LogP contribution in [0.1, 0.15) is 23.1 Å². The Labute approximate surface area is 115 Å². The summed E-state index contributed by atoms with van der Waals surface area (Å²) >= 11 is 1.26. The van der Waals surface area contributed by atoms with Crippen molar-refractivity contribution in [2.75, 3.05) is 0 Å². The highest BCUT2D eigenvalue weighted by molar-refractivity contribution is 7.98. The van der Waals surface area contributed by atoms with Crippen LogP contribution >= 0.6 is 11.9 Å². The van der Waals surface area contributed by atoms with Gasteiger partial charge in [-0.15, -0.1) is 0 Å². The molecule has 3 rings (SSSR count). The molecule has 2 aromatic rings. The zero-order chi connectivity index (χ0) is 13.2. The number of aliphatic hydroxyl groups excluding tert-OH is 1. The van der Waals surface area contributed by atoms with Gasteiger partial charge in [-0.3, -0.25) is 9.52 Å². The fourth-order valence-corrected chi connectivity index (χ4v) is 3.09.